The van der Waals surface area contributed by atoms with E-state index in [1.807, 2.05) is 86.6 Å². The van der Waals surface area contributed by atoms with Gasteiger partial charge in [0.2, 0.25) is 11.8 Å². The third kappa shape index (κ3) is 6.69. The molecule has 0 radical (unpaired) electrons. The van der Waals surface area contributed by atoms with Crippen LogP contribution in [0.1, 0.15) is 29.2 Å². The van der Waals surface area contributed by atoms with Crippen LogP contribution in [0.5, 0.6) is 0 Å². The summed E-state index contributed by atoms with van der Waals surface area (Å²) in [6.45, 7) is 4.69. The summed E-state index contributed by atoms with van der Waals surface area (Å²) in [7, 11) is 0. The first-order valence-corrected chi connectivity index (χ1v) is 11.2. The van der Waals surface area contributed by atoms with Crippen LogP contribution in [-0.4, -0.2) is 29.3 Å². The summed E-state index contributed by atoms with van der Waals surface area (Å²) in [5.74, 6) is -0.251. The molecule has 0 heterocycles. The molecule has 2 amide bonds. The van der Waals surface area contributed by atoms with E-state index < -0.39 is 6.04 Å². The Morgan fingerprint density at radius 3 is 2.28 bits per heavy atom. The number of hydrogen-bond acceptors (Lipinski definition) is 2. The monoisotopic (exact) mass is 448 g/mol. The Balaban J connectivity index is 1.95. The van der Waals surface area contributed by atoms with E-state index in [0.29, 0.717) is 24.5 Å². The highest BCUT2D eigenvalue weighted by Crippen LogP contribution is 2.19. The van der Waals surface area contributed by atoms with E-state index in [1.54, 1.807) is 11.0 Å². The van der Waals surface area contributed by atoms with Crippen molar-refractivity contribution in [3.63, 3.8) is 0 Å². The first-order chi connectivity index (χ1) is 15.5. The highest BCUT2D eigenvalue weighted by Gasteiger charge is 2.30. The number of nitrogens with one attached hydrogen (secondary N) is 1. The second kappa shape index (κ2) is 11.5. The summed E-state index contributed by atoms with van der Waals surface area (Å²) in [5.41, 5.74) is 3.92. The van der Waals surface area contributed by atoms with E-state index in [2.05, 4.69) is 5.32 Å². The fourth-order valence-corrected chi connectivity index (χ4v) is 3.99. The molecule has 166 valence electrons. The molecule has 0 unspecified atom stereocenters. The SMILES string of the molecule is CCNC(=O)[C@H](Cc1ccccc1)N(Cc1cccc(Cl)c1)C(=O)Cc1cccc(C)c1. The van der Waals surface area contributed by atoms with Crippen molar-refractivity contribution in [3.05, 3.63) is 106 Å². The maximum atomic E-state index is 13.6. The molecule has 32 heavy (non-hydrogen) atoms. The predicted octanol–water partition coefficient (Wildman–Crippen LogP) is 4.97. The summed E-state index contributed by atoms with van der Waals surface area (Å²) in [5, 5.41) is 3.52. The average molecular weight is 449 g/mol. The molecule has 3 rings (SSSR count). The van der Waals surface area contributed by atoms with Crippen LogP contribution in [0, 0.1) is 6.92 Å². The second-order valence-corrected chi connectivity index (χ2v) is 8.35. The maximum Gasteiger partial charge on any atom is 0.243 e. The largest absolute Gasteiger partial charge is 0.355 e. The van der Waals surface area contributed by atoms with Crippen LogP contribution >= 0.6 is 11.6 Å². The highest BCUT2D eigenvalue weighted by molar-refractivity contribution is 6.30. The maximum absolute atomic E-state index is 13.6. The lowest BCUT2D eigenvalue weighted by Crippen LogP contribution is -2.50. The van der Waals surface area contributed by atoms with Gasteiger partial charge in [-0.1, -0.05) is 83.9 Å². The molecule has 5 heteroatoms. The smallest absolute Gasteiger partial charge is 0.243 e. The number of hydrogen-bond donors (Lipinski definition) is 1. The lowest BCUT2D eigenvalue weighted by molar-refractivity contribution is -0.140. The third-order valence-electron chi connectivity index (χ3n) is 5.30. The zero-order chi connectivity index (χ0) is 22.9. The number of rotatable bonds is 9. The fraction of sp³-hybridized carbons (Fsp3) is 0.259. The van der Waals surface area contributed by atoms with E-state index in [1.165, 1.54) is 0 Å². The van der Waals surface area contributed by atoms with Gasteiger partial charge in [-0.3, -0.25) is 9.59 Å². The molecule has 3 aromatic carbocycles. The third-order valence-corrected chi connectivity index (χ3v) is 5.54. The van der Waals surface area contributed by atoms with Gasteiger partial charge in [0.25, 0.3) is 0 Å². The molecule has 0 fully saturated rings. The average Bonchev–Trinajstić information content (AvgIpc) is 2.77. The number of halogens is 1. The van der Waals surface area contributed by atoms with Gasteiger partial charge in [0, 0.05) is 24.5 Å². The molecule has 3 aromatic rings. The number of amides is 2. The van der Waals surface area contributed by atoms with Crippen molar-refractivity contribution in [2.75, 3.05) is 6.54 Å². The highest BCUT2D eigenvalue weighted by atomic mass is 35.5. The van der Waals surface area contributed by atoms with Gasteiger partial charge in [-0.2, -0.15) is 0 Å². The Kier molecular flexibility index (Phi) is 8.46. The zero-order valence-electron chi connectivity index (χ0n) is 18.6. The normalized spacial score (nSPS) is 11.6. The van der Waals surface area contributed by atoms with Gasteiger partial charge < -0.3 is 10.2 Å². The minimum atomic E-state index is -0.631. The van der Waals surface area contributed by atoms with Crippen LogP contribution in [-0.2, 0) is 29.0 Å². The Labute approximate surface area is 195 Å². The molecule has 0 aliphatic heterocycles. The number of benzene rings is 3. The van der Waals surface area contributed by atoms with Gasteiger partial charge in [-0.25, -0.2) is 0 Å². The topological polar surface area (TPSA) is 49.4 Å². The van der Waals surface area contributed by atoms with Gasteiger partial charge in [0.1, 0.15) is 6.04 Å². The van der Waals surface area contributed by atoms with Crippen LogP contribution in [0.2, 0.25) is 5.02 Å². The van der Waals surface area contributed by atoms with Gasteiger partial charge in [-0.15, -0.1) is 0 Å². The molecule has 0 saturated carbocycles. The van der Waals surface area contributed by atoms with Crippen molar-refractivity contribution in [3.8, 4) is 0 Å². The minimum absolute atomic E-state index is 0.0947. The Hall–Kier alpha value is -3.11. The first-order valence-electron chi connectivity index (χ1n) is 10.9. The van der Waals surface area contributed by atoms with Crippen molar-refractivity contribution < 1.29 is 9.59 Å². The second-order valence-electron chi connectivity index (χ2n) is 7.92. The summed E-state index contributed by atoms with van der Waals surface area (Å²) in [6.07, 6.45) is 0.666. The molecule has 0 aliphatic carbocycles. The number of aryl methyl sites for hydroxylation is 1. The van der Waals surface area contributed by atoms with Crippen molar-refractivity contribution >= 4 is 23.4 Å². The molecule has 4 nitrogen and oxygen atoms in total. The molecule has 1 N–H and O–H groups in total. The number of carbonyl (C=O) groups is 2. The Morgan fingerprint density at radius 1 is 0.906 bits per heavy atom. The summed E-state index contributed by atoms with van der Waals surface area (Å²) < 4.78 is 0. The van der Waals surface area contributed by atoms with E-state index in [0.717, 1.165) is 22.3 Å². The van der Waals surface area contributed by atoms with Gasteiger partial charge in [-0.05, 0) is 42.7 Å². The molecule has 0 bridgehead atoms. The standard InChI is InChI=1S/C27H29ClN2O2/c1-3-29-27(32)25(17-21-10-5-4-6-11-21)30(19-23-13-8-14-24(28)16-23)26(31)18-22-12-7-9-20(2)15-22/h4-16,25H,3,17-19H2,1-2H3,(H,29,32)/t25-/m0/s1. The Bertz CT molecular complexity index is 1050. The lowest BCUT2D eigenvalue weighted by Gasteiger charge is -2.31. The first kappa shape index (κ1) is 23.6. The quantitative estimate of drug-likeness (QED) is 0.502. The van der Waals surface area contributed by atoms with Crippen LogP contribution in [0.15, 0.2) is 78.9 Å². The van der Waals surface area contributed by atoms with Crippen LogP contribution in [0.4, 0.5) is 0 Å². The molecular formula is C27H29ClN2O2. The van der Waals surface area contributed by atoms with Crippen LogP contribution < -0.4 is 5.32 Å². The van der Waals surface area contributed by atoms with E-state index in [9.17, 15) is 9.59 Å². The number of likely N-dealkylation sites (N-methyl/N-ethyl adjacent to an activating group) is 1. The molecule has 0 aromatic heterocycles. The summed E-state index contributed by atoms with van der Waals surface area (Å²) in [4.78, 5) is 28.4. The number of carbonyl (C=O) groups excluding carboxylic acids is 2. The molecule has 0 aliphatic rings. The van der Waals surface area contributed by atoms with E-state index in [4.69, 9.17) is 11.6 Å². The van der Waals surface area contributed by atoms with Crippen molar-refractivity contribution in [2.45, 2.75) is 39.3 Å². The van der Waals surface area contributed by atoms with Crippen LogP contribution in [0.25, 0.3) is 0 Å². The summed E-state index contributed by atoms with van der Waals surface area (Å²) >= 11 is 6.19. The lowest BCUT2D eigenvalue weighted by atomic mass is 10.0. The summed E-state index contributed by atoms with van der Waals surface area (Å²) in [6, 6.07) is 24.5. The predicted molar refractivity (Wildman–Crippen MR) is 130 cm³/mol. The number of nitrogens with zero attached hydrogens (tertiary/aromatic N) is 1. The van der Waals surface area contributed by atoms with Gasteiger partial charge in [0.05, 0.1) is 6.42 Å². The van der Waals surface area contributed by atoms with Crippen molar-refractivity contribution in [1.29, 1.82) is 0 Å². The fourth-order valence-electron chi connectivity index (χ4n) is 3.78. The molecular weight excluding hydrogens is 420 g/mol. The van der Waals surface area contributed by atoms with Crippen molar-refractivity contribution in [1.82, 2.24) is 10.2 Å². The Morgan fingerprint density at radius 2 is 1.59 bits per heavy atom. The minimum Gasteiger partial charge on any atom is -0.355 e. The van der Waals surface area contributed by atoms with E-state index >= 15 is 0 Å². The molecule has 0 spiro atoms. The molecule has 0 saturated heterocycles. The zero-order valence-corrected chi connectivity index (χ0v) is 19.3. The van der Waals surface area contributed by atoms with E-state index in [-0.39, 0.29) is 18.2 Å². The van der Waals surface area contributed by atoms with Gasteiger partial charge in [0.15, 0.2) is 0 Å². The van der Waals surface area contributed by atoms with Crippen LogP contribution in [0.3, 0.4) is 0 Å². The van der Waals surface area contributed by atoms with Gasteiger partial charge >= 0.3 is 0 Å². The van der Waals surface area contributed by atoms with Crippen molar-refractivity contribution in [2.24, 2.45) is 0 Å². The molecule has 1 atom stereocenters.